The summed E-state index contributed by atoms with van der Waals surface area (Å²) in [6.07, 6.45) is 0. The number of carboxylic acids is 1. The summed E-state index contributed by atoms with van der Waals surface area (Å²) in [6, 6.07) is 5.62. The monoisotopic (exact) mass is 231 g/mol. The van der Waals surface area contributed by atoms with Gasteiger partial charge in [0.25, 0.3) is 0 Å². The molecule has 0 aliphatic rings. The molecule has 1 rings (SSSR count). The second-order valence-electron chi connectivity index (χ2n) is 2.80. The van der Waals surface area contributed by atoms with E-state index in [9.17, 15) is 13.2 Å². The minimum absolute atomic E-state index is 0.0846. The largest absolute Gasteiger partial charge is 0.478 e. The van der Waals surface area contributed by atoms with E-state index in [2.05, 4.69) is 0 Å². The molecule has 0 fully saturated rings. The van der Waals surface area contributed by atoms with Crippen LogP contribution >= 0.6 is 0 Å². The van der Waals surface area contributed by atoms with E-state index in [0.717, 1.165) is 0 Å². The van der Waals surface area contributed by atoms with Gasteiger partial charge in [0.15, 0.2) is 0 Å². The summed E-state index contributed by atoms with van der Waals surface area (Å²) in [4.78, 5) is 10.5. The van der Waals surface area contributed by atoms with Gasteiger partial charge in [0.1, 0.15) is 0 Å². The SMILES string of the molecule is O=C(O)c1ccc(CNS(=O)(=O)O)cc1. The number of carboxylic acid groups (broad SMARTS) is 1. The maximum atomic E-state index is 10.5. The van der Waals surface area contributed by atoms with Gasteiger partial charge in [-0.25, -0.2) is 4.79 Å². The molecule has 0 amide bonds. The standard InChI is InChI=1S/C8H9NO5S/c10-8(11)7-3-1-6(2-4-7)5-9-15(12,13)14/h1-4,9H,5H2,(H,10,11)(H,12,13,14). The molecule has 0 aromatic heterocycles. The first-order valence-electron chi connectivity index (χ1n) is 3.93. The van der Waals surface area contributed by atoms with Gasteiger partial charge in [-0.2, -0.15) is 13.1 Å². The topological polar surface area (TPSA) is 104 Å². The highest BCUT2D eigenvalue weighted by Crippen LogP contribution is 2.04. The smallest absolute Gasteiger partial charge is 0.335 e. The first-order chi connectivity index (χ1) is 6.88. The Bertz CT molecular complexity index is 450. The van der Waals surface area contributed by atoms with Gasteiger partial charge < -0.3 is 5.11 Å². The van der Waals surface area contributed by atoms with Crippen LogP contribution in [-0.4, -0.2) is 24.0 Å². The van der Waals surface area contributed by atoms with Crippen molar-refractivity contribution in [2.75, 3.05) is 0 Å². The first kappa shape index (κ1) is 11.6. The van der Waals surface area contributed by atoms with Crippen molar-refractivity contribution in [2.45, 2.75) is 6.54 Å². The molecule has 0 aliphatic carbocycles. The fraction of sp³-hybridized carbons (Fsp3) is 0.125. The van der Waals surface area contributed by atoms with Crippen molar-refractivity contribution in [1.82, 2.24) is 4.72 Å². The zero-order valence-corrected chi connectivity index (χ0v) is 8.36. The summed E-state index contributed by atoms with van der Waals surface area (Å²) in [5.41, 5.74) is 0.670. The second-order valence-corrected chi connectivity index (χ2v) is 4.04. The predicted molar refractivity (Wildman–Crippen MR) is 51.8 cm³/mol. The summed E-state index contributed by atoms with van der Waals surface area (Å²) in [5.74, 6) is -1.05. The lowest BCUT2D eigenvalue weighted by atomic mass is 10.1. The van der Waals surface area contributed by atoms with Gasteiger partial charge in [0.05, 0.1) is 5.56 Å². The van der Waals surface area contributed by atoms with Crippen molar-refractivity contribution in [3.05, 3.63) is 35.4 Å². The fourth-order valence-electron chi connectivity index (χ4n) is 0.940. The van der Waals surface area contributed by atoms with E-state index in [1.54, 1.807) is 0 Å². The third kappa shape index (κ3) is 4.07. The zero-order valence-electron chi connectivity index (χ0n) is 7.54. The van der Waals surface area contributed by atoms with Crippen molar-refractivity contribution in [2.24, 2.45) is 0 Å². The highest BCUT2D eigenvalue weighted by Gasteiger charge is 2.04. The lowest BCUT2D eigenvalue weighted by Gasteiger charge is -2.01. The van der Waals surface area contributed by atoms with Crippen LogP contribution in [0, 0.1) is 0 Å². The second kappa shape index (κ2) is 4.39. The van der Waals surface area contributed by atoms with Gasteiger partial charge in [-0.1, -0.05) is 12.1 Å². The molecule has 0 aliphatic heterocycles. The van der Waals surface area contributed by atoms with Crippen LogP contribution in [0.5, 0.6) is 0 Å². The van der Waals surface area contributed by atoms with E-state index >= 15 is 0 Å². The normalized spacial score (nSPS) is 11.3. The Morgan fingerprint density at radius 1 is 1.27 bits per heavy atom. The molecule has 0 unspecified atom stereocenters. The van der Waals surface area contributed by atoms with E-state index in [1.165, 1.54) is 24.3 Å². The molecule has 15 heavy (non-hydrogen) atoms. The molecule has 0 heterocycles. The van der Waals surface area contributed by atoms with E-state index < -0.39 is 16.3 Å². The minimum atomic E-state index is -4.22. The summed E-state index contributed by atoms with van der Waals surface area (Å²) in [7, 11) is -4.22. The molecule has 0 atom stereocenters. The molecule has 7 heteroatoms. The average Bonchev–Trinajstić information content (AvgIpc) is 2.14. The molecule has 82 valence electrons. The quantitative estimate of drug-likeness (QED) is 0.645. The molecule has 0 saturated carbocycles. The van der Waals surface area contributed by atoms with Crippen LogP contribution < -0.4 is 4.72 Å². The Labute approximate surface area is 86.4 Å². The summed E-state index contributed by atoms with van der Waals surface area (Å²) >= 11 is 0. The molecular formula is C8H9NO5S. The van der Waals surface area contributed by atoms with E-state index in [4.69, 9.17) is 9.66 Å². The molecule has 6 nitrogen and oxygen atoms in total. The zero-order chi connectivity index (χ0) is 11.5. The minimum Gasteiger partial charge on any atom is -0.478 e. The molecule has 0 radical (unpaired) electrons. The lowest BCUT2D eigenvalue weighted by molar-refractivity contribution is 0.0697. The van der Waals surface area contributed by atoms with Crippen molar-refractivity contribution < 1.29 is 22.9 Å². The number of aromatic carboxylic acids is 1. The Kier molecular flexibility index (Phi) is 3.40. The summed E-state index contributed by atoms with van der Waals surface area (Å²) < 4.78 is 30.9. The van der Waals surface area contributed by atoms with Gasteiger partial charge in [-0.05, 0) is 17.7 Å². The number of hydrogen-bond donors (Lipinski definition) is 3. The Balaban J connectivity index is 2.69. The maximum Gasteiger partial charge on any atom is 0.335 e. The van der Waals surface area contributed by atoms with Crippen LogP contribution in [0.4, 0.5) is 0 Å². The Hall–Kier alpha value is -1.44. The lowest BCUT2D eigenvalue weighted by Crippen LogP contribution is -2.21. The Morgan fingerprint density at radius 3 is 2.20 bits per heavy atom. The molecule has 0 spiro atoms. The summed E-state index contributed by atoms with van der Waals surface area (Å²) in [5, 5.41) is 8.58. The third-order valence-corrected chi connectivity index (χ3v) is 2.17. The van der Waals surface area contributed by atoms with Gasteiger partial charge in [0, 0.05) is 6.54 Å². The first-order valence-corrected chi connectivity index (χ1v) is 5.37. The average molecular weight is 231 g/mol. The molecule has 1 aromatic carbocycles. The Morgan fingerprint density at radius 2 is 1.80 bits per heavy atom. The van der Waals surface area contributed by atoms with Gasteiger partial charge >= 0.3 is 16.3 Å². The van der Waals surface area contributed by atoms with Crippen LogP contribution in [0.2, 0.25) is 0 Å². The van der Waals surface area contributed by atoms with Crippen LogP contribution in [0.15, 0.2) is 24.3 Å². The van der Waals surface area contributed by atoms with Crippen molar-refractivity contribution >= 4 is 16.3 Å². The number of benzene rings is 1. The van der Waals surface area contributed by atoms with Gasteiger partial charge in [0.2, 0.25) is 0 Å². The van der Waals surface area contributed by atoms with E-state index in [-0.39, 0.29) is 12.1 Å². The maximum absolute atomic E-state index is 10.5. The highest BCUT2D eigenvalue weighted by molar-refractivity contribution is 7.83. The van der Waals surface area contributed by atoms with Crippen LogP contribution in [0.3, 0.4) is 0 Å². The highest BCUT2D eigenvalue weighted by atomic mass is 32.2. The molecule has 0 bridgehead atoms. The number of rotatable bonds is 4. The van der Waals surface area contributed by atoms with Crippen LogP contribution in [-0.2, 0) is 16.8 Å². The predicted octanol–water partition coefficient (Wildman–Crippen LogP) is 0.277. The number of hydrogen-bond acceptors (Lipinski definition) is 3. The van der Waals surface area contributed by atoms with E-state index in [0.29, 0.717) is 5.56 Å². The van der Waals surface area contributed by atoms with E-state index in [1.807, 2.05) is 4.72 Å². The number of nitrogens with one attached hydrogen (secondary N) is 1. The third-order valence-electron chi connectivity index (χ3n) is 1.66. The molecule has 0 saturated heterocycles. The van der Waals surface area contributed by atoms with Crippen molar-refractivity contribution in [1.29, 1.82) is 0 Å². The fourth-order valence-corrected chi connectivity index (χ4v) is 1.29. The van der Waals surface area contributed by atoms with Crippen molar-refractivity contribution in [3.8, 4) is 0 Å². The van der Waals surface area contributed by atoms with Crippen LogP contribution in [0.25, 0.3) is 0 Å². The molecule has 3 N–H and O–H groups in total. The number of carbonyl (C=O) groups is 1. The van der Waals surface area contributed by atoms with Gasteiger partial charge in [-0.15, -0.1) is 0 Å². The molecule has 1 aromatic rings. The van der Waals surface area contributed by atoms with Crippen molar-refractivity contribution in [3.63, 3.8) is 0 Å². The summed E-state index contributed by atoms with van der Waals surface area (Å²) in [6.45, 7) is -0.0846. The van der Waals surface area contributed by atoms with Crippen LogP contribution in [0.1, 0.15) is 15.9 Å². The molecular weight excluding hydrogens is 222 g/mol. The van der Waals surface area contributed by atoms with Gasteiger partial charge in [-0.3, -0.25) is 4.55 Å².